The molecule has 0 bridgehead atoms. The number of benzene rings is 1. The Balaban J connectivity index is 2.34. The van der Waals surface area contributed by atoms with E-state index in [1.165, 1.54) is 0 Å². The van der Waals surface area contributed by atoms with Gasteiger partial charge in [0.25, 0.3) is 0 Å². The summed E-state index contributed by atoms with van der Waals surface area (Å²) in [6.45, 7) is 13.7. The van der Waals surface area contributed by atoms with Crippen LogP contribution in [0.15, 0.2) is 30.5 Å². The van der Waals surface area contributed by atoms with Crippen LogP contribution in [0.1, 0.15) is 70.0 Å². The van der Waals surface area contributed by atoms with Crippen molar-refractivity contribution in [2.75, 3.05) is 0 Å². The van der Waals surface area contributed by atoms with Gasteiger partial charge in [-0.05, 0) is 36.2 Å². The molecule has 0 saturated carbocycles. The van der Waals surface area contributed by atoms with Crippen LogP contribution in [0.5, 0.6) is 0 Å². The van der Waals surface area contributed by atoms with Crippen LogP contribution in [0.2, 0.25) is 23.2 Å². The van der Waals surface area contributed by atoms with E-state index in [9.17, 15) is 4.79 Å². The van der Waals surface area contributed by atoms with Crippen LogP contribution >= 0.6 is 11.6 Å². The van der Waals surface area contributed by atoms with E-state index in [1.54, 1.807) is 10.8 Å². The molecule has 1 aromatic carbocycles. The van der Waals surface area contributed by atoms with Gasteiger partial charge in [-0.2, -0.15) is 0 Å². The molecule has 0 amide bonds. The summed E-state index contributed by atoms with van der Waals surface area (Å²) >= 11 is 6.48. The summed E-state index contributed by atoms with van der Waals surface area (Å²) < 4.78 is 7.90. The van der Waals surface area contributed by atoms with Crippen LogP contribution in [-0.2, 0) is 15.8 Å². The van der Waals surface area contributed by atoms with Crippen LogP contribution in [0, 0.1) is 0 Å². The number of carbonyl (C=O) groups is 1. The highest BCUT2D eigenvalue weighted by atomic mass is 35.5. The third-order valence-electron chi connectivity index (χ3n) is 5.75. The number of hydrogen-bond acceptors (Lipinski definition) is 3. The van der Waals surface area contributed by atoms with Gasteiger partial charge in [0.2, 0.25) is 6.41 Å². The molecule has 4 nitrogen and oxygen atoms in total. The molecule has 0 radical (unpaired) electrons. The molecular formula is C22H33ClN2O2Si. The molecule has 2 rings (SSSR count). The first kappa shape index (κ1) is 22.9. The van der Waals surface area contributed by atoms with Gasteiger partial charge in [-0.15, -0.1) is 0 Å². The fraction of sp³-hybridized carbons (Fsp3) is 0.545. The Morgan fingerprint density at radius 2 is 1.96 bits per heavy atom. The summed E-state index contributed by atoms with van der Waals surface area (Å²) in [5, 5.41) is 0.840. The summed E-state index contributed by atoms with van der Waals surface area (Å²) in [6.07, 6.45) is 5.63. The molecule has 2 aromatic rings. The fourth-order valence-corrected chi connectivity index (χ4v) is 4.14. The monoisotopic (exact) mass is 420 g/mol. The molecule has 0 aliphatic carbocycles. The molecule has 0 aliphatic heterocycles. The lowest BCUT2D eigenvalue weighted by molar-refractivity contribution is 0.272. The van der Waals surface area contributed by atoms with Gasteiger partial charge in [0, 0.05) is 17.1 Å². The van der Waals surface area contributed by atoms with Crippen molar-refractivity contribution in [3.05, 3.63) is 52.6 Å². The Labute approximate surface area is 175 Å². The summed E-state index contributed by atoms with van der Waals surface area (Å²) in [5.41, 5.74) is 1.81. The van der Waals surface area contributed by atoms with Crippen LogP contribution in [0.25, 0.3) is 0 Å². The first-order valence-electron chi connectivity index (χ1n) is 10.0. The lowest BCUT2D eigenvalue weighted by atomic mass is 9.92. The Kier molecular flexibility index (Phi) is 7.65. The third kappa shape index (κ3) is 5.34. The third-order valence-corrected chi connectivity index (χ3v) is 10.6. The van der Waals surface area contributed by atoms with Gasteiger partial charge in [0.05, 0.1) is 12.3 Å². The highest BCUT2D eigenvalue weighted by molar-refractivity contribution is 6.74. The van der Waals surface area contributed by atoms with E-state index >= 15 is 0 Å². The Bertz CT molecular complexity index is 796. The Hall–Kier alpha value is -1.43. The standard InChI is InChI=1S/C22H33ClN2O2Si/c1-7-8-11-19(18-12-9-10-13-20(18)23)21-24-17(14-25(21)16-26)15-27-28(5,6)22(2,3)4/h9-10,12-14,16,19H,7-8,11,15H2,1-6H3. The van der Waals surface area contributed by atoms with E-state index in [1.807, 2.05) is 24.3 Å². The second kappa shape index (κ2) is 9.38. The Morgan fingerprint density at radius 1 is 1.29 bits per heavy atom. The highest BCUT2D eigenvalue weighted by Gasteiger charge is 2.37. The van der Waals surface area contributed by atoms with E-state index in [4.69, 9.17) is 21.0 Å². The van der Waals surface area contributed by atoms with Gasteiger partial charge in [-0.25, -0.2) is 4.98 Å². The largest absolute Gasteiger partial charge is 0.411 e. The van der Waals surface area contributed by atoms with Crippen LogP contribution in [0.4, 0.5) is 0 Å². The highest BCUT2D eigenvalue weighted by Crippen LogP contribution is 2.37. The first-order valence-corrected chi connectivity index (χ1v) is 13.3. The van der Waals surface area contributed by atoms with E-state index in [2.05, 4.69) is 40.8 Å². The SMILES string of the molecule is CCCCC(c1ccccc1Cl)c1nc(CO[Si](C)(C)C(C)(C)C)cn1C=O. The molecule has 0 saturated heterocycles. The number of aromatic nitrogens is 2. The van der Waals surface area contributed by atoms with Crippen molar-refractivity contribution < 1.29 is 9.22 Å². The minimum atomic E-state index is -1.89. The molecule has 1 atom stereocenters. The number of rotatable bonds is 9. The van der Waals surface area contributed by atoms with E-state index in [0.717, 1.165) is 42.8 Å². The summed E-state index contributed by atoms with van der Waals surface area (Å²) in [4.78, 5) is 16.6. The molecule has 1 aromatic heterocycles. The lowest BCUT2D eigenvalue weighted by Gasteiger charge is -2.35. The van der Waals surface area contributed by atoms with Crippen molar-refractivity contribution in [3.63, 3.8) is 0 Å². The molecule has 0 fully saturated rings. The molecule has 1 unspecified atom stereocenters. The van der Waals surface area contributed by atoms with Crippen LogP contribution in [0.3, 0.4) is 0 Å². The van der Waals surface area contributed by atoms with E-state index < -0.39 is 8.32 Å². The number of carbonyl (C=O) groups excluding carboxylic acids is 1. The normalized spacial score (nSPS) is 13.5. The average Bonchev–Trinajstić information content (AvgIpc) is 3.04. The second-order valence-electron chi connectivity index (χ2n) is 8.87. The quantitative estimate of drug-likeness (QED) is 0.347. The molecule has 1 heterocycles. The van der Waals surface area contributed by atoms with E-state index in [0.29, 0.717) is 11.6 Å². The minimum absolute atomic E-state index is 0.0135. The average molecular weight is 421 g/mol. The molecular weight excluding hydrogens is 388 g/mol. The maximum absolute atomic E-state index is 11.8. The van der Waals surface area contributed by atoms with Gasteiger partial charge in [-0.3, -0.25) is 9.36 Å². The van der Waals surface area contributed by atoms with Gasteiger partial charge < -0.3 is 4.43 Å². The minimum Gasteiger partial charge on any atom is -0.411 e. The molecule has 0 spiro atoms. The molecule has 0 N–H and O–H groups in total. The molecule has 0 aliphatic rings. The van der Waals surface area contributed by atoms with Crippen LogP contribution in [-0.4, -0.2) is 24.3 Å². The summed E-state index contributed by atoms with van der Waals surface area (Å²) in [5.74, 6) is 0.728. The van der Waals surface area contributed by atoms with Crippen molar-refractivity contribution in [2.24, 2.45) is 0 Å². The summed E-state index contributed by atoms with van der Waals surface area (Å²) in [7, 11) is -1.89. The van der Waals surface area contributed by atoms with Crippen LogP contribution < -0.4 is 0 Å². The van der Waals surface area contributed by atoms with Gasteiger partial charge in [-0.1, -0.05) is 70.3 Å². The van der Waals surface area contributed by atoms with Crippen molar-refractivity contribution in [3.8, 4) is 0 Å². The topological polar surface area (TPSA) is 44.1 Å². The van der Waals surface area contributed by atoms with Gasteiger partial charge in [0.15, 0.2) is 8.32 Å². The van der Waals surface area contributed by atoms with Gasteiger partial charge in [0.1, 0.15) is 5.82 Å². The zero-order valence-corrected chi connectivity index (χ0v) is 19.7. The first-order chi connectivity index (χ1) is 13.1. The number of unbranched alkanes of at least 4 members (excludes halogenated alkanes) is 1. The zero-order valence-electron chi connectivity index (χ0n) is 18.0. The van der Waals surface area contributed by atoms with Gasteiger partial charge >= 0.3 is 0 Å². The number of hydrogen-bond donors (Lipinski definition) is 0. The molecule has 28 heavy (non-hydrogen) atoms. The van der Waals surface area contributed by atoms with Crippen molar-refractivity contribution in [2.45, 2.75) is 77.6 Å². The number of nitrogens with zero attached hydrogens (tertiary/aromatic N) is 2. The maximum Gasteiger partial charge on any atom is 0.219 e. The molecule has 154 valence electrons. The smallest absolute Gasteiger partial charge is 0.219 e. The zero-order chi connectivity index (χ0) is 20.9. The summed E-state index contributed by atoms with van der Waals surface area (Å²) in [6, 6.07) is 7.83. The lowest BCUT2D eigenvalue weighted by Crippen LogP contribution is -2.40. The molecule has 6 heteroatoms. The van der Waals surface area contributed by atoms with Crippen molar-refractivity contribution in [1.29, 1.82) is 0 Å². The van der Waals surface area contributed by atoms with Crippen molar-refractivity contribution >= 4 is 26.3 Å². The fourth-order valence-electron chi connectivity index (χ4n) is 2.93. The second-order valence-corrected chi connectivity index (χ2v) is 14.1. The Morgan fingerprint density at radius 3 is 2.54 bits per heavy atom. The predicted molar refractivity (Wildman–Crippen MR) is 119 cm³/mol. The predicted octanol–water partition coefficient (Wildman–Crippen LogP) is 6.42. The van der Waals surface area contributed by atoms with E-state index in [-0.39, 0.29) is 11.0 Å². The van der Waals surface area contributed by atoms with Crippen molar-refractivity contribution in [1.82, 2.24) is 9.55 Å². The maximum atomic E-state index is 11.8. The number of halogens is 1. The number of imidazole rings is 1.